The predicted octanol–water partition coefficient (Wildman–Crippen LogP) is 6.35. The van der Waals surface area contributed by atoms with Gasteiger partial charge in [0.25, 0.3) is 0 Å². The quantitative estimate of drug-likeness (QED) is 0.353. The van der Waals surface area contributed by atoms with Crippen molar-refractivity contribution in [1.82, 2.24) is 9.97 Å². The van der Waals surface area contributed by atoms with Gasteiger partial charge in [-0.3, -0.25) is 5.32 Å². The van der Waals surface area contributed by atoms with Gasteiger partial charge in [0.05, 0.1) is 16.4 Å². The Labute approximate surface area is 174 Å². The van der Waals surface area contributed by atoms with E-state index in [0.717, 1.165) is 11.3 Å². The van der Waals surface area contributed by atoms with Crippen LogP contribution in [0.3, 0.4) is 0 Å². The number of thiazole rings is 2. The van der Waals surface area contributed by atoms with Crippen molar-refractivity contribution in [1.29, 1.82) is 0 Å². The van der Waals surface area contributed by atoms with Gasteiger partial charge in [0.15, 0.2) is 10.1 Å². The van der Waals surface area contributed by atoms with Crippen molar-refractivity contribution in [2.24, 2.45) is 0 Å². The molecule has 0 aliphatic carbocycles. The van der Waals surface area contributed by atoms with Crippen LogP contribution in [0.2, 0.25) is 0 Å². The lowest BCUT2D eigenvalue weighted by Crippen LogP contribution is -2.19. The average molecular weight is 454 g/mol. The van der Waals surface area contributed by atoms with Gasteiger partial charge in [-0.1, -0.05) is 17.4 Å². The Balaban J connectivity index is 1.40. The maximum atomic E-state index is 13.2. The lowest BCUT2D eigenvalue weighted by molar-refractivity contribution is -0.137. The van der Waals surface area contributed by atoms with Crippen molar-refractivity contribution >= 4 is 49.7 Å². The molecule has 2 aromatic heterocycles. The molecule has 4 rings (SSSR count). The van der Waals surface area contributed by atoms with Gasteiger partial charge in [0.2, 0.25) is 5.06 Å². The first-order chi connectivity index (χ1) is 14.3. The molecule has 0 aliphatic rings. The number of hydrogen-bond acceptors (Lipinski definition) is 6. The van der Waals surface area contributed by atoms with Crippen LogP contribution in [0.5, 0.6) is 10.8 Å². The second kappa shape index (κ2) is 7.88. The third-order valence-electron chi connectivity index (χ3n) is 3.61. The van der Waals surface area contributed by atoms with Crippen LogP contribution in [-0.4, -0.2) is 16.0 Å². The van der Waals surface area contributed by atoms with Gasteiger partial charge in [-0.15, -0.1) is 11.3 Å². The topological polar surface area (TPSA) is 76.1 Å². The molecule has 0 unspecified atom stereocenters. The second-order valence-corrected chi connectivity index (χ2v) is 7.85. The summed E-state index contributed by atoms with van der Waals surface area (Å²) >= 11 is 1.55. The van der Waals surface area contributed by atoms with Crippen LogP contribution in [0.1, 0.15) is 5.01 Å². The number of halogens is 4. The van der Waals surface area contributed by atoms with Crippen LogP contribution in [0, 0.1) is 5.82 Å². The molecule has 2 heterocycles. The number of carbonyl (C=O) groups excluding carboxylic acids is 1. The van der Waals surface area contributed by atoms with E-state index >= 15 is 0 Å². The number of amides is 2. The number of hydrogen-bond donors (Lipinski definition) is 2. The largest absolute Gasteiger partial charge is 0.445 e. The minimum absolute atomic E-state index is 0.130. The highest BCUT2D eigenvalue weighted by Crippen LogP contribution is 2.36. The van der Waals surface area contributed by atoms with Gasteiger partial charge in [-0.2, -0.15) is 13.2 Å². The normalized spacial score (nSPS) is 11.5. The number of urea groups is 1. The zero-order valence-electron chi connectivity index (χ0n) is 14.7. The van der Waals surface area contributed by atoms with Gasteiger partial charge in [-0.05, 0) is 30.3 Å². The summed E-state index contributed by atoms with van der Waals surface area (Å²) in [7, 11) is 0. The molecule has 0 spiro atoms. The van der Waals surface area contributed by atoms with E-state index in [4.69, 9.17) is 4.74 Å². The Morgan fingerprint density at radius 2 is 1.90 bits per heavy atom. The first-order valence-electron chi connectivity index (χ1n) is 8.21. The summed E-state index contributed by atoms with van der Waals surface area (Å²) in [4.78, 5) is 19.7. The van der Waals surface area contributed by atoms with E-state index in [-0.39, 0.29) is 22.1 Å². The summed E-state index contributed by atoms with van der Waals surface area (Å²) in [5, 5.41) is 4.59. The summed E-state index contributed by atoms with van der Waals surface area (Å²) in [5.74, 6) is -0.168. The summed E-state index contributed by atoms with van der Waals surface area (Å²) in [5.41, 5.74) is 0.400. The number of rotatable bonds is 4. The molecule has 4 aromatic rings. The van der Waals surface area contributed by atoms with E-state index in [1.807, 2.05) is 0 Å². The number of carbonyl (C=O) groups is 1. The van der Waals surface area contributed by atoms with E-state index < -0.39 is 23.0 Å². The monoisotopic (exact) mass is 454 g/mol. The summed E-state index contributed by atoms with van der Waals surface area (Å²) in [6.45, 7) is 0. The summed E-state index contributed by atoms with van der Waals surface area (Å²) < 4.78 is 57.3. The number of fused-ring (bicyclic) bond motifs is 1. The minimum atomic E-state index is -4.52. The first kappa shape index (κ1) is 20.0. The average Bonchev–Trinajstić information content (AvgIpc) is 3.28. The molecule has 0 saturated carbocycles. The summed E-state index contributed by atoms with van der Waals surface area (Å²) in [6.07, 6.45) is -3.16. The number of nitrogens with one attached hydrogen (secondary N) is 2. The lowest BCUT2D eigenvalue weighted by atomic mass is 10.3. The third-order valence-corrected chi connectivity index (χ3v) is 5.48. The van der Waals surface area contributed by atoms with E-state index in [2.05, 4.69) is 20.6 Å². The molecule has 0 bridgehead atoms. The molecule has 6 nitrogen and oxygen atoms in total. The van der Waals surface area contributed by atoms with Gasteiger partial charge in [0.1, 0.15) is 11.6 Å². The fourth-order valence-corrected chi connectivity index (χ4v) is 3.89. The third kappa shape index (κ3) is 4.66. The Bertz CT molecular complexity index is 1220. The molecule has 2 amide bonds. The smallest absolute Gasteiger partial charge is 0.443 e. The number of nitrogens with zero attached hydrogens (tertiary/aromatic N) is 2. The first-order valence-corrected chi connectivity index (χ1v) is 9.84. The fraction of sp³-hybridized carbons (Fsp3) is 0.0556. The van der Waals surface area contributed by atoms with E-state index in [1.54, 1.807) is 6.07 Å². The molecule has 0 fully saturated rings. The van der Waals surface area contributed by atoms with Crippen molar-refractivity contribution < 1.29 is 27.1 Å². The second-order valence-electron chi connectivity index (χ2n) is 5.82. The molecule has 154 valence electrons. The van der Waals surface area contributed by atoms with Crippen molar-refractivity contribution in [3.05, 3.63) is 59.5 Å². The van der Waals surface area contributed by atoms with Crippen LogP contribution >= 0.6 is 22.7 Å². The van der Waals surface area contributed by atoms with Gasteiger partial charge < -0.3 is 10.1 Å². The molecule has 0 aliphatic heterocycles. The fourth-order valence-electron chi connectivity index (χ4n) is 2.40. The molecule has 2 aromatic carbocycles. The number of alkyl halides is 3. The Morgan fingerprint density at radius 1 is 1.07 bits per heavy atom. The van der Waals surface area contributed by atoms with E-state index in [9.17, 15) is 22.4 Å². The van der Waals surface area contributed by atoms with Gasteiger partial charge in [-0.25, -0.2) is 19.2 Å². The molecule has 0 radical (unpaired) electrons. The van der Waals surface area contributed by atoms with Crippen molar-refractivity contribution in [2.45, 2.75) is 6.18 Å². The Hall–Kier alpha value is -3.25. The highest BCUT2D eigenvalue weighted by atomic mass is 32.1. The van der Waals surface area contributed by atoms with Gasteiger partial charge in [0, 0.05) is 11.8 Å². The SMILES string of the molecule is O=C(Nc1ccc2sc(C(F)(F)F)nc2c1)Nc1ncc(Oc2cccc(F)c2)s1. The zero-order chi connectivity index (χ0) is 21.3. The van der Waals surface area contributed by atoms with Crippen molar-refractivity contribution in [3.63, 3.8) is 0 Å². The number of benzene rings is 2. The molecule has 0 atom stereocenters. The molecule has 2 N–H and O–H groups in total. The lowest BCUT2D eigenvalue weighted by Gasteiger charge is -2.05. The van der Waals surface area contributed by atoms with Gasteiger partial charge >= 0.3 is 12.2 Å². The van der Waals surface area contributed by atoms with Crippen LogP contribution in [-0.2, 0) is 6.18 Å². The number of ether oxygens (including phenoxy) is 1. The Kier molecular flexibility index (Phi) is 5.26. The van der Waals surface area contributed by atoms with Crippen LogP contribution in [0.15, 0.2) is 48.7 Å². The number of aromatic nitrogens is 2. The molecular weight excluding hydrogens is 444 g/mol. The summed E-state index contributed by atoms with van der Waals surface area (Å²) in [6, 6.07) is 9.18. The maximum absolute atomic E-state index is 13.2. The highest BCUT2D eigenvalue weighted by Gasteiger charge is 2.34. The molecule has 0 saturated heterocycles. The van der Waals surface area contributed by atoms with E-state index in [1.165, 1.54) is 42.6 Å². The minimum Gasteiger partial charge on any atom is -0.445 e. The highest BCUT2D eigenvalue weighted by molar-refractivity contribution is 7.18. The van der Waals surface area contributed by atoms with Crippen LogP contribution in [0.4, 0.5) is 33.2 Å². The van der Waals surface area contributed by atoms with Crippen molar-refractivity contribution in [3.8, 4) is 10.8 Å². The standard InChI is InChI=1S/C18H10F4N4O2S2/c19-9-2-1-3-11(6-9)28-14-8-23-17(30-14)26-16(27)24-10-4-5-13-12(7-10)25-15(29-13)18(20,21)22/h1-8H,(H2,23,24,26,27). The zero-order valence-corrected chi connectivity index (χ0v) is 16.3. The van der Waals surface area contributed by atoms with E-state index in [0.29, 0.717) is 21.1 Å². The molecular formula is C18H10F4N4O2S2. The maximum Gasteiger partial charge on any atom is 0.443 e. The molecule has 30 heavy (non-hydrogen) atoms. The predicted molar refractivity (Wildman–Crippen MR) is 106 cm³/mol. The molecule has 12 heteroatoms. The Morgan fingerprint density at radius 3 is 2.67 bits per heavy atom. The van der Waals surface area contributed by atoms with Crippen LogP contribution in [0.25, 0.3) is 10.2 Å². The van der Waals surface area contributed by atoms with Crippen molar-refractivity contribution in [2.75, 3.05) is 10.6 Å². The van der Waals surface area contributed by atoms with Crippen LogP contribution < -0.4 is 15.4 Å². The number of anilines is 2.